The van der Waals surface area contributed by atoms with Crippen molar-refractivity contribution in [1.29, 1.82) is 0 Å². The molecular formula is C10H11FIN. The molecule has 2 rings (SSSR count). The highest BCUT2D eigenvalue weighted by atomic mass is 127. The Labute approximate surface area is 90.9 Å². The molecule has 0 amide bonds. The molecule has 1 aliphatic rings. The first kappa shape index (κ1) is 9.40. The molecular weight excluding hydrogens is 280 g/mol. The molecule has 1 atom stereocenters. The second-order valence-corrected chi connectivity index (χ2v) is 4.37. The summed E-state index contributed by atoms with van der Waals surface area (Å²) in [5, 5.41) is 3.37. The predicted molar refractivity (Wildman–Crippen MR) is 59.1 cm³/mol. The molecule has 1 heterocycles. The Balaban J connectivity index is 2.33. The van der Waals surface area contributed by atoms with Crippen LogP contribution in [0.3, 0.4) is 0 Å². The summed E-state index contributed by atoms with van der Waals surface area (Å²) in [6.07, 6.45) is 2.32. The first-order valence-corrected chi connectivity index (χ1v) is 5.54. The van der Waals surface area contributed by atoms with Crippen LogP contribution in [0.25, 0.3) is 0 Å². The zero-order valence-corrected chi connectivity index (χ0v) is 9.34. The summed E-state index contributed by atoms with van der Waals surface area (Å²) < 4.78 is 14.0. The Morgan fingerprint density at radius 2 is 2.31 bits per heavy atom. The van der Waals surface area contributed by atoms with Crippen molar-refractivity contribution in [2.75, 3.05) is 6.54 Å². The average Bonchev–Trinajstić information content (AvgIpc) is 2.62. The van der Waals surface area contributed by atoms with Gasteiger partial charge in [0.05, 0.1) is 3.57 Å². The standard InChI is InChI=1S/C10H11FIN/c11-8-4-1-3-7(10(8)12)9-5-2-6-13-9/h1,3-4,9,13H,2,5-6H2/t9-/m0/s1. The fraction of sp³-hybridized carbons (Fsp3) is 0.400. The van der Waals surface area contributed by atoms with Crippen LogP contribution in [0, 0.1) is 9.39 Å². The van der Waals surface area contributed by atoms with Crippen LogP contribution in [-0.2, 0) is 0 Å². The Morgan fingerprint density at radius 1 is 1.46 bits per heavy atom. The van der Waals surface area contributed by atoms with Crippen molar-refractivity contribution in [3.63, 3.8) is 0 Å². The third-order valence-electron chi connectivity index (χ3n) is 2.42. The molecule has 0 radical (unpaired) electrons. The molecule has 3 heteroatoms. The molecule has 1 aromatic carbocycles. The highest BCUT2D eigenvalue weighted by Gasteiger charge is 2.19. The summed E-state index contributed by atoms with van der Waals surface area (Å²) in [5.74, 6) is -0.105. The maximum Gasteiger partial charge on any atom is 0.136 e. The van der Waals surface area contributed by atoms with E-state index < -0.39 is 0 Å². The molecule has 0 saturated carbocycles. The van der Waals surface area contributed by atoms with Crippen molar-refractivity contribution in [1.82, 2.24) is 5.32 Å². The maximum absolute atomic E-state index is 13.2. The van der Waals surface area contributed by atoms with Gasteiger partial charge in [0.1, 0.15) is 5.82 Å². The summed E-state index contributed by atoms with van der Waals surface area (Å²) in [6.45, 7) is 1.05. The molecule has 13 heavy (non-hydrogen) atoms. The Kier molecular flexibility index (Phi) is 2.83. The van der Waals surface area contributed by atoms with E-state index in [4.69, 9.17) is 0 Å². The lowest BCUT2D eigenvalue weighted by atomic mass is 10.1. The molecule has 0 bridgehead atoms. The summed E-state index contributed by atoms with van der Waals surface area (Å²) >= 11 is 2.08. The maximum atomic E-state index is 13.2. The van der Waals surface area contributed by atoms with Crippen molar-refractivity contribution in [2.45, 2.75) is 18.9 Å². The van der Waals surface area contributed by atoms with E-state index in [0.717, 1.165) is 22.1 Å². The van der Waals surface area contributed by atoms with E-state index in [1.54, 1.807) is 6.07 Å². The van der Waals surface area contributed by atoms with Gasteiger partial charge in [-0.2, -0.15) is 0 Å². The number of benzene rings is 1. The minimum absolute atomic E-state index is 0.105. The van der Waals surface area contributed by atoms with E-state index in [9.17, 15) is 4.39 Å². The molecule has 1 nitrogen and oxygen atoms in total. The first-order chi connectivity index (χ1) is 6.29. The van der Waals surface area contributed by atoms with Gasteiger partial charge >= 0.3 is 0 Å². The summed E-state index contributed by atoms with van der Waals surface area (Å²) in [5.41, 5.74) is 1.11. The fourth-order valence-electron chi connectivity index (χ4n) is 1.74. The quantitative estimate of drug-likeness (QED) is 0.785. The van der Waals surface area contributed by atoms with Gasteiger partial charge in [0.15, 0.2) is 0 Å². The number of hydrogen-bond donors (Lipinski definition) is 1. The summed E-state index contributed by atoms with van der Waals surface area (Å²) in [7, 11) is 0. The Bertz CT molecular complexity index is 308. The molecule has 1 N–H and O–H groups in total. The molecule has 1 aliphatic heterocycles. The molecule has 70 valence electrons. The van der Waals surface area contributed by atoms with Gasteiger partial charge in [-0.25, -0.2) is 4.39 Å². The van der Waals surface area contributed by atoms with Gasteiger partial charge in [-0.3, -0.25) is 0 Å². The SMILES string of the molecule is Fc1cccc([C@@H]2CCCN2)c1I. The van der Waals surface area contributed by atoms with E-state index in [2.05, 4.69) is 27.9 Å². The molecule has 0 aliphatic carbocycles. The molecule has 1 saturated heterocycles. The van der Waals surface area contributed by atoms with Crippen LogP contribution in [0.1, 0.15) is 24.4 Å². The zero-order chi connectivity index (χ0) is 9.26. The van der Waals surface area contributed by atoms with Crippen LogP contribution in [0.5, 0.6) is 0 Å². The Morgan fingerprint density at radius 3 is 3.00 bits per heavy atom. The van der Waals surface area contributed by atoms with E-state index in [1.165, 1.54) is 12.5 Å². The molecule has 1 fully saturated rings. The summed E-state index contributed by atoms with van der Waals surface area (Å²) in [6, 6.07) is 5.67. The van der Waals surface area contributed by atoms with Crippen LogP contribution in [-0.4, -0.2) is 6.54 Å². The first-order valence-electron chi connectivity index (χ1n) is 4.46. The van der Waals surface area contributed by atoms with Crippen LogP contribution < -0.4 is 5.32 Å². The normalized spacial score (nSPS) is 22.2. The van der Waals surface area contributed by atoms with Gasteiger partial charge in [-0.05, 0) is 53.6 Å². The van der Waals surface area contributed by atoms with Gasteiger partial charge in [-0.15, -0.1) is 0 Å². The minimum atomic E-state index is -0.105. The fourth-order valence-corrected chi connectivity index (χ4v) is 2.48. The Hall–Kier alpha value is -0.160. The molecule has 0 unspecified atom stereocenters. The van der Waals surface area contributed by atoms with Gasteiger partial charge in [0, 0.05) is 6.04 Å². The average molecular weight is 291 g/mol. The second-order valence-electron chi connectivity index (χ2n) is 3.29. The smallest absolute Gasteiger partial charge is 0.136 e. The van der Waals surface area contributed by atoms with Crippen LogP contribution in [0.15, 0.2) is 18.2 Å². The van der Waals surface area contributed by atoms with E-state index >= 15 is 0 Å². The third-order valence-corrected chi connectivity index (χ3v) is 3.56. The largest absolute Gasteiger partial charge is 0.310 e. The molecule has 1 aromatic rings. The predicted octanol–water partition coefficient (Wildman–Crippen LogP) is 2.85. The number of nitrogens with one attached hydrogen (secondary N) is 1. The van der Waals surface area contributed by atoms with Gasteiger partial charge < -0.3 is 5.32 Å². The molecule has 0 spiro atoms. The van der Waals surface area contributed by atoms with Gasteiger partial charge in [0.2, 0.25) is 0 Å². The van der Waals surface area contributed by atoms with Crippen molar-refractivity contribution >= 4 is 22.6 Å². The number of hydrogen-bond acceptors (Lipinski definition) is 1. The van der Waals surface area contributed by atoms with Crippen molar-refractivity contribution < 1.29 is 4.39 Å². The second kappa shape index (κ2) is 3.92. The highest BCUT2D eigenvalue weighted by Crippen LogP contribution is 2.28. The number of halogens is 2. The van der Waals surface area contributed by atoms with Crippen LogP contribution in [0.2, 0.25) is 0 Å². The monoisotopic (exact) mass is 291 g/mol. The van der Waals surface area contributed by atoms with Gasteiger partial charge in [0.25, 0.3) is 0 Å². The van der Waals surface area contributed by atoms with E-state index in [0.29, 0.717) is 6.04 Å². The minimum Gasteiger partial charge on any atom is -0.310 e. The van der Waals surface area contributed by atoms with E-state index in [1.807, 2.05) is 6.07 Å². The number of rotatable bonds is 1. The molecule has 0 aromatic heterocycles. The van der Waals surface area contributed by atoms with Crippen LogP contribution in [0.4, 0.5) is 4.39 Å². The van der Waals surface area contributed by atoms with E-state index in [-0.39, 0.29) is 5.82 Å². The van der Waals surface area contributed by atoms with Crippen molar-refractivity contribution in [2.24, 2.45) is 0 Å². The van der Waals surface area contributed by atoms with Crippen molar-refractivity contribution in [3.05, 3.63) is 33.1 Å². The lowest BCUT2D eigenvalue weighted by Crippen LogP contribution is -2.14. The highest BCUT2D eigenvalue weighted by molar-refractivity contribution is 14.1. The third kappa shape index (κ3) is 1.86. The lowest BCUT2D eigenvalue weighted by Gasteiger charge is -2.12. The van der Waals surface area contributed by atoms with Crippen LogP contribution >= 0.6 is 22.6 Å². The zero-order valence-electron chi connectivity index (χ0n) is 7.19. The van der Waals surface area contributed by atoms with Crippen molar-refractivity contribution in [3.8, 4) is 0 Å². The van der Waals surface area contributed by atoms with Gasteiger partial charge in [-0.1, -0.05) is 12.1 Å². The summed E-state index contributed by atoms with van der Waals surface area (Å²) in [4.78, 5) is 0. The topological polar surface area (TPSA) is 12.0 Å². The lowest BCUT2D eigenvalue weighted by molar-refractivity contribution is 0.597.